The van der Waals surface area contributed by atoms with Crippen LogP contribution in [0.5, 0.6) is 0 Å². The first-order chi connectivity index (χ1) is 17.3. The van der Waals surface area contributed by atoms with Gasteiger partial charge in [-0.2, -0.15) is 31.1 Å². The molecule has 0 radical (unpaired) electrons. The summed E-state index contributed by atoms with van der Waals surface area (Å²) in [5.41, 5.74) is 18.8. The van der Waals surface area contributed by atoms with E-state index in [-0.39, 0.29) is 5.82 Å². The molecule has 1 aromatic carbocycles. The van der Waals surface area contributed by atoms with Crippen molar-refractivity contribution in [2.75, 3.05) is 17.2 Å². The summed E-state index contributed by atoms with van der Waals surface area (Å²) in [4.78, 5) is 0. The van der Waals surface area contributed by atoms with E-state index in [4.69, 9.17) is 33.0 Å². The van der Waals surface area contributed by atoms with Crippen LogP contribution in [0.15, 0.2) is 48.9 Å². The molecule has 3 heterocycles. The van der Waals surface area contributed by atoms with Gasteiger partial charge < -0.3 is 17.2 Å². The van der Waals surface area contributed by atoms with E-state index in [0.717, 1.165) is 24.9 Å². The van der Waals surface area contributed by atoms with Crippen molar-refractivity contribution >= 4 is 17.5 Å². The van der Waals surface area contributed by atoms with Gasteiger partial charge in [0, 0.05) is 32.2 Å². The van der Waals surface area contributed by atoms with Crippen LogP contribution in [-0.4, -0.2) is 29.3 Å². The van der Waals surface area contributed by atoms with Gasteiger partial charge in [-0.15, -0.1) is 0 Å². The lowest BCUT2D eigenvalue weighted by Gasteiger charge is -2.00. The minimum absolute atomic E-state index is 0.286. The first-order valence-corrected chi connectivity index (χ1v) is 11.0. The number of nitrogen functional groups attached to an aromatic ring is 3. The molecule has 0 saturated carbocycles. The SMILES string of the molecule is CCCCn1cc(C#N)c(N)n1.Cn1cc(C#N)c(N)n1.N#Cc1cn(Cc2ccccc2)nc1N. The average molecular weight is 485 g/mol. The first kappa shape index (κ1) is 27.0. The molecule has 184 valence electrons. The minimum Gasteiger partial charge on any atom is -0.381 e. The fraction of sp³-hybridized carbons (Fsp3) is 0.250. The van der Waals surface area contributed by atoms with E-state index in [1.807, 2.05) is 48.5 Å². The van der Waals surface area contributed by atoms with Crippen molar-refractivity contribution in [1.82, 2.24) is 29.3 Å². The van der Waals surface area contributed by atoms with Crippen LogP contribution in [-0.2, 0) is 20.1 Å². The van der Waals surface area contributed by atoms with Gasteiger partial charge in [0.25, 0.3) is 0 Å². The summed E-state index contributed by atoms with van der Waals surface area (Å²) < 4.78 is 4.90. The Morgan fingerprint density at radius 3 is 1.69 bits per heavy atom. The van der Waals surface area contributed by atoms with E-state index in [1.54, 1.807) is 35.0 Å². The van der Waals surface area contributed by atoms with E-state index in [0.29, 0.717) is 34.9 Å². The molecule has 12 heteroatoms. The van der Waals surface area contributed by atoms with E-state index in [2.05, 4.69) is 22.2 Å². The van der Waals surface area contributed by atoms with Crippen LogP contribution in [0.1, 0.15) is 42.0 Å². The highest BCUT2D eigenvalue weighted by Gasteiger charge is 2.05. The number of aryl methyl sites for hydroxylation is 2. The van der Waals surface area contributed by atoms with Gasteiger partial charge in [-0.05, 0) is 12.0 Å². The summed E-state index contributed by atoms with van der Waals surface area (Å²) in [6, 6.07) is 15.8. The molecule has 0 fully saturated rings. The topological polar surface area (TPSA) is 203 Å². The van der Waals surface area contributed by atoms with Gasteiger partial charge in [-0.3, -0.25) is 14.0 Å². The van der Waals surface area contributed by atoms with Crippen LogP contribution in [0.4, 0.5) is 17.5 Å². The minimum atomic E-state index is 0.286. The molecule has 0 saturated heterocycles. The molecule has 0 amide bonds. The number of hydrogen-bond acceptors (Lipinski definition) is 9. The lowest BCUT2D eigenvalue weighted by atomic mass is 10.2. The molecule has 0 aliphatic heterocycles. The maximum absolute atomic E-state index is 8.71. The third kappa shape index (κ3) is 7.94. The monoisotopic (exact) mass is 484 g/mol. The van der Waals surface area contributed by atoms with Crippen molar-refractivity contribution in [2.24, 2.45) is 7.05 Å². The summed E-state index contributed by atoms with van der Waals surface area (Å²) in [7, 11) is 1.72. The molecule has 12 nitrogen and oxygen atoms in total. The number of anilines is 3. The lowest BCUT2D eigenvalue weighted by molar-refractivity contribution is 0.573. The van der Waals surface area contributed by atoms with Crippen molar-refractivity contribution < 1.29 is 0 Å². The van der Waals surface area contributed by atoms with Crippen molar-refractivity contribution in [2.45, 2.75) is 32.9 Å². The Labute approximate surface area is 209 Å². The second-order valence-corrected chi connectivity index (χ2v) is 7.59. The van der Waals surface area contributed by atoms with Crippen LogP contribution < -0.4 is 17.2 Å². The number of nitrogens with two attached hydrogens (primary N) is 3. The lowest BCUT2D eigenvalue weighted by Crippen LogP contribution is -2.00. The number of rotatable bonds is 5. The molecule has 36 heavy (non-hydrogen) atoms. The van der Waals surface area contributed by atoms with Crippen LogP contribution in [0.2, 0.25) is 0 Å². The summed E-state index contributed by atoms with van der Waals surface area (Å²) in [5, 5.41) is 37.4. The maximum atomic E-state index is 8.71. The molecular weight excluding hydrogens is 456 g/mol. The van der Waals surface area contributed by atoms with Gasteiger partial charge in [0.05, 0.1) is 6.54 Å². The Hall–Kier alpha value is -5.28. The largest absolute Gasteiger partial charge is 0.381 e. The Morgan fingerprint density at radius 1 is 0.750 bits per heavy atom. The predicted molar refractivity (Wildman–Crippen MR) is 135 cm³/mol. The molecule has 0 aliphatic rings. The second kappa shape index (κ2) is 13.4. The Morgan fingerprint density at radius 2 is 1.25 bits per heavy atom. The van der Waals surface area contributed by atoms with Gasteiger partial charge in [0.2, 0.25) is 0 Å². The summed E-state index contributed by atoms with van der Waals surface area (Å²) in [6.07, 6.45) is 7.09. The fourth-order valence-electron chi connectivity index (χ4n) is 2.92. The van der Waals surface area contributed by atoms with Crippen LogP contribution in [0.3, 0.4) is 0 Å². The van der Waals surface area contributed by atoms with Crippen LogP contribution in [0, 0.1) is 34.0 Å². The number of aromatic nitrogens is 6. The summed E-state index contributed by atoms with van der Waals surface area (Å²) in [6.45, 7) is 3.58. The highest BCUT2D eigenvalue weighted by Crippen LogP contribution is 2.09. The fourth-order valence-corrected chi connectivity index (χ4v) is 2.92. The molecule has 4 aromatic rings. The summed E-state index contributed by atoms with van der Waals surface area (Å²) in [5.74, 6) is 0.905. The van der Waals surface area contributed by atoms with Crippen molar-refractivity contribution in [3.05, 3.63) is 71.2 Å². The van der Waals surface area contributed by atoms with Crippen molar-refractivity contribution in [1.29, 1.82) is 15.8 Å². The molecule has 0 spiro atoms. The zero-order chi connectivity index (χ0) is 26.5. The van der Waals surface area contributed by atoms with Crippen molar-refractivity contribution in [3.63, 3.8) is 0 Å². The Bertz CT molecular complexity index is 1370. The highest BCUT2D eigenvalue weighted by molar-refractivity contribution is 5.47. The van der Waals surface area contributed by atoms with E-state index >= 15 is 0 Å². The summed E-state index contributed by atoms with van der Waals surface area (Å²) >= 11 is 0. The number of nitrogens with zero attached hydrogens (tertiary/aromatic N) is 9. The standard InChI is InChI=1S/C11H10N4.C8H12N4.C5H6N4/c12-6-10-8-15(14-11(10)13)7-9-4-2-1-3-5-9;1-2-3-4-12-6-7(5-9)8(10)11-12;1-9-3-4(2-6)5(7)8-9/h1-5,8H,7H2,(H2,13,14);6H,2-4H2,1H3,(H2,10,11);3H,1H3,(H2,7,8). The third-order valence-corrected chi connectivity index (χ3v) is 4.73. The zero-order valence-corrected chi connectivity index (χ0v) is 20.2. The van der Waals surface area contributed by atoms with Gasteiger partial charge in [0.1, 0.15) is 34.9 Å². The molecule has 0 bridgehead atoms. The highest BCUT2D eigenvalue weighted by atomic mass is 15.3. The van der Waals surface area contributed by atoms with E-state index in [1.165, 1.54) is 4.68 Å². The Kier molecular flexibility index (Phi) is 10.1. The maximum Gasteiger partial charge on any atom is 0.163 e. The quantitative estimate of drug-likeness (QED) is 0.380. The van der Waals surface area contributed by atoms with Crippen molar-refractivity contribution in [3.8, 4) is 18.2 Å². The molecule has 0 atom stereocenters. The Balaban J connectivity index is 0.000000197. The van der Waals surface area contributed by atoms with Crippen LogP contribution in [0.25, 0.3) is 0 Å². The van der Waals surface area contributed by atoms with Gasteiger partial charge in [-0.25, -0.2) is 0 Å². The molecule has 0 aliphatic carbocycles. The molecular formula is C24H28N12. The smallest absolute Gasteiger partial charge is 0.163 e. The van der Waals surface area contributed by atoms with E-state index in [9.17, 15) is 0 Å². The molecule has 0 unspecified atom stereocenters. The molecule has 3 aromatic heterocycles. The van der Waals surface area contributed by atoms with Crippen LogP contribution >= 0.6 is 0 Å². The number of hydrogen-bond donors (Lipinski definition) is 3. The first-order valence-electron chi connectivity index (χ1n) is 11.0. The van der Waals surface area contributed by atoms with Gasteiger partial charge in [0.15, 0.2) is 17.5 Å². The normalized spacial score (nSPS) is 9.53. The van der Waals surface area contributed by atoms with E-state index < -0.39 is 0 Å². The predicted octanol–water partition coefficient (Wildman–Crippen LogP) is 2.40. The van der Waals surface area contributed by atoms with Gasteiger partial charge >= 0.3 is 0 Å². The number of unbranched alkanes of at least 4 members (excludes halogenated alkanes) is 1. The average Bonchev–Trinajstić information content (AvgIpc) is 3.53. The third-order valence-electron chi connectivity index (χ3n) is 4.73. The second-order valence-electron chi connectivity index (χ2n) is 7.59. The number of benzene rings is 1. The van der Waals surface area contributed by atoms with Gasteiger partial charge in [-0.1, -0.05) is 43.7 Å². The molecule has 4 rings (SSSR count). The molecule has 6 N–H and O–H groups in total. The number of nitriles is 3. The zero-order valence-electron chi connectivity index (χ0n) is 20.2.